The maximum atomic E-state index is 11.5. The number of hydrogen-bond donors (Lipinski definition) is 2. The summed E-state index contributed by atoms with van der Waals surface area (Å²) < 4.78 is 5.63. The molecule has 0 saturated heterocycles. The van der Waals surface area contributed by atoms with Crippen LogP contribution in [-0.4, -0.2) is 25.6 Å². The second-order valence-electron chi connectivity index (χ2n) is 4.56. The van der Waals surface area contributed by atoms with E-state index in [1.165, 1.54) is 0 Å². The molecule has 1 aromatic rings. The Hall–Kier alpha value is -1.55. The third kappa shape index (κ3) is 4.75. The first-order chi connectivity index (χ1) is 8.52. The molecule has 2 N–H and O–H groups in total. The first-order valence-corrected chi connectivity index (χ1v) is 6.23. The van der Waals surface area contributed by atoms with Gasteiger partial charge in [0.2, 0.25) is 5.91 Å². The molecule has 1 unspecified atom stereocenters. The van der Waals surface area contributed by atoms with Crippen molar-refractivity contribution in [1.82, 2.24) is 10.6 Å². The Bertz CT molecular complexity index is 391. The SMILES string of the molecule is CNCC(=O)NC(C)c1cccc(OC(C)C)c1. The lowest BCUT2D eigenvalue weighted by molar-refractivity contribution is -0.120. The molecule has 0 aliphatic rings. The molecule has 1 atom stereocenters. The minimum atomic E-state index is -0.0263. The standard InChI is InChI=1S/C14H22N2O2/c1-10(2)18-13-7-5-6-12(8-13)11(3)16-14(17)9-15-4/h5-8,10-11,15H,9H2,1-4H3,(H,16,17). The molecule has 0 saturated carbocycles. The molecule has 0 aliphatic carbocycles. The number of rotatable bonds is 6. The first-order valence-electron chi connectivity index (χ1n) is 6.23. The third-order valence-corrected chi connectivity index (χ3v) is 2.44. The van der Waals surface area contributed by atoms with E-state index in [1.807, 2.05) is 45.0 Å². The van der Waals surface area contributed by atoms with E-state index in [2.05, 4.69) is 10.6 Å². The lowest BCUT2D eigenvalue weighted by Crippen LogP contribution is -2.33. The summed E-state index contributed by atoms with van der Waals surface area (Å²) in [6.45, 7) is 6.27. The molecule has 4 heteroatoms. The Morgan fingerprint density at radius 1 is 1.33 bits per heavy atom. The molecule has 100 valence electrons. The van der Waals surface area contributed by atoms with Crippen molar-refractivity contribution in [2.24, 2.45) is 0 Å². The molecule has 0 aromatic heterocycles. The van der Waals surface area contributed by atoms with E-state index in [9.17, 15) is 4.79 Å². The number of carbonyl (C=O) groups excluding carboxylic acids is 1. The maximum Gasteiger partial charge on any atom is 0.234 e. The van der Waals surface area contributed by atoms with Crippen molar-refractivity contribution in [2.75, 3.05) is 13.6 Å². The van der Waals surface area contributed by atoms with Crippen molar-refractivity contribution in [3.8, 4) is 5.75 Å². The van der Waals surface area contributed by atoms with Gasteiger partial charge in [-0.15, -0.1) is 0 Å². The Balaban J connectivity index is 2.67. The number of amides is 1. The van der Waals surface area contributed by atoms with Crippen LogP contribution >= 0.6 is 0 Å². The second-order valence-corrected chi connectivity index (χ2v) is 4.56. The van der Waals surface area contributed by atoms with Crippen LogP contribution in [0.5, 0.6) is 5.75 Å². The molecule has 0 radical (unpaired) electrons. The van der Waals surface area contributed by atoms with Gasteiger partial charge >= 0.3 is 0 Å². The van der Waals surface area contributed by atoms with Gasteiger partial charge < -0.3 is 15.4 Å². The maximum absolute atomic E-state index is 11.5. The van der Waals surface area contributed by atoms with Gasteiger partial charge in [-0.2, -0.15) is 0 Å². The van der Waals surface area contributed by atoms with Gasteiger partial charge in [-0.05, 0) is 45.5 Å². The summed E-state index contributed by atoms with van der Waals surface area (Å²) >= 11 is 0. The molecule has 1 rings (SSSR count). The van der Waals surface area contributed by atoms with Crippen molar-refractivity contribution in [2.45, 2.75) is 32.9 Å². The molecule has 4 nitrogen and oxygen atoms in total. The van der Waals surface area contributed by atoms with Gasteiger partial charge in [-0.3, -0.25) is 4.79 Å². The zero-order valence-corrected chi connectivity index (χ0v) is 11.5. The number of likely N-dealkylation sites (N-methyl/N-ethyl adjacent to an activating group) is 1. The van der Waals surface area contributed by atoms with Gasteiger partial charge in [0.25, 0.3) is 0 Å². The average Bonchev–Trinajstić information content (AvgIpc) is 2.28. The molecule has 0 fully saturated rings. The van der Waals surface area contributed by atoms with E-state index in [0.717, 1.165) is 11.3 Å². The summed E-state index contributed by atoms with van der Waals surface area (Å²) in [5.74, 6) is 0.817. The molecule has 0 heterocycles. The largest absolute Gasteiger partial charge is 0.491 e. The molecule has 0 bridgehead atoms. The van der Waals surface area contributed by atoms with Crippen molar-refractivity contribution >= 4 is 5.91 Å². The number of nitrogens with one attached hydrogen (secondary N) is 2. The van der Waals surface area contributed by atoms with Gasteiger partial charge in [-0.1, -0.05) is 12.1 Å². The van der Waals surface area contributed by atoms with Crippen molar-refractivity contribution in [3.63, 3.8) is 0 Å². The molecule has 0 spiro atoms. The summed E-state index contributed by atoms with van der Waals surface area (Å²) in [7, 11) is 1.75. The highest BCUT2D eigenvalue weighted by atomic mass is 16.5. The van der Waals surface area contributed by atoms with E-state index in [1.54, 1.807) is 7.05 Å². The predicted octanol–water partition coefficient (Wildman–Crippen LogP) is 1.87. The van der Waals surface area contributed by atoms with Crippen LogP contribution < -0.4 is 15.4 Å². The van der Waals surface area contributed by atoms with Crippen LogP contribution in [0, 0.1) is 0 Å². The number of benzene rings is 1. The number of hydrogen-bond acceptors (Lipinski definition) is 3. The summed E-state index contributed by atoms with van der Waals surface area (Å²) in [6, 6.07) is 7.78. The van der Waals surface area contributed by atoms with E-state index in [4.69, 9.17) is 4.74 Å². The van der Waals surface area contributed by atoms with Gasteiger partial charge in [0, 0.05) is 0 Å². The zero-order chi connectivity index (χ0) is 13.5. The zero-order valence-electron chi connectivity index (χ0n) is 11.5. The molecular formula is C14H22N2O2. The average molecular weight is 250 g/mol. The highest BCUT2D eigenvalue weighted by Crippen LogP contribution is 2.19. The van der Waals surface area contributed by atoms with Gasteiger partial charge in [-0.25, -0.2) is 0 Å². The fourth-order valence-corrected chi connectivity index (χ4v) is 1.67. The van der Waals surface area contributed by atoms with Gasteiger partial charge in [0.1, 0.15) is 5.75 Å². The van der Waals surface area contributed by atoms with Crippen LogP contribution in [0.25, 0.3) is 0 Å². The van der Waals surface area contributed by atoms with Gasteiger partial charge in [0.15, 0.2) is 0 Å². The van der Waals surface area contributed by atoms with E-state index in [0.29, 0.717) is 6.54 Å². The predicted molar refractivity (Wildman–Crippen MR) is 72.7 cm³/mol. The minimum absolute atomic E-state index is 0.0137. The van der Waals surface area contributed by atoms with Crippen LogP contribution in [0.4, 0.5) is 0 Å². The topological polar surface area (TPSA) is 50.4 Å². The highest BCUT2D eigenvalue weighted by Gasteiger charge is 2.09. The molecule has 18 heavy (non-hydrogen) atoms. The molecule has 1 aromatic carbocycles. The second kappa shape index (κ2) is 7.01. The summed E-state index contributed by atoms with van der Waals surface area (Å²) in [5.41, 5.74) is 1.04. The molecular weight excluding hydrogens is 228 g/mol. The van der Waals surface area contributed by atoms with Crippen LogP contribution in [0.2, 0.25) is 0 Å². The Morgan fingerprint density at radius 3 is 2.67 bits per heavy atom. The quantitative estimate of drug-likeness (QED) is 0.810. The fraction of sp³-hybridized carbons (Fsp3) is 0.500. The normalized spacial score (nSPS) is 12.3. The van der Waals surface area contributed by atoms with E-state index < -0.39 is 0 Å². The molecule has 1 amide bonds. The number of carbonyl (C=O) groups is 1. The Morgan fingerprint density at radius 2 is 2.06 bits per heavy atom. The van der Waals surface area contributed by atoms with E-state index in [-0.39, 0.29) is 18.1 Å². The van der Waals surface area contributed by atoms with E-state index >= 15 is 0 Å². The third-order valence-electron chi connectivity index (χ3n) is 2.44. The first kappa shape index (κ1) is 14.5. The van der Waals surface area contributed by atoms with Crippen molar-refractivity contribution < 1.29 is 9.53 Å². The highest BCUT2D eigenvalue weighted by molar-refractivity contribution is 5.78. The lowest BCUT2D eigenvalue weighted by Gasteiger charge is -2.16. The monoisotopic (exact) mass is 250 g/mol. The minimum Gasteiger partial charge on any atom is -0.491 e. The summed E-state index contributed by atoms with van der Waals surface area (Å²) in [4.78, 5) is 11.5. The summed E-state index contributed by atoms with van der Waals surface area (Å²) in [5, 5.41) is 5.75. The van der Waals surface area contributed by atoms with Crippen LogP contribution in [0.3, 0.4) is 0 Å². The van der Waals surface area contributed by atoms with Crippen LogP contribution in [0.1, 0.15) is 32.4 Å². The van der Waals surface area contributed by atoms with Crippen molar-refractivity contribution in [3.05, 3.63) is 29.8 Å². The van der Waals surface area contributed by atoms with Crippen LogP contribution in [0.15, 0.2) is 24.3 Å². The molecule has 0 aliphatic heterocycles. The van der Waals surface area contributed by atoms with Crippen LogP contribution in [-0.2, 0) is 4.79 Å². The Labute approximate surface area is 109 Å². The fourth-order valence-electron chi connectivity index (χ4n) is 1.67. The lowest BCUT2D eigenvalue weighted by atomic mass is 10.1. The Kier molecular flexibility index (Phi) is 5.65. The number of ether oxygens (including phenoxy) is 1. The smallest absolute Gasteiger partial charge is 0.234 e. The van der Waals surface area contributed by atoms with Crippen molar-refractivity contribution in [1.29, 1.82) is 0 Å². The summed E-state index contributed by atoms with van der Waals surface area (Å²) in [6.07, 6.45) is 0.148. The van der Waals surface area contributed by atoms with Gasteiger partial charge in [0.05, 0.1) is 18.7 Å².